The first-order valence-corrected chi connectivity index (χ1v) is 7.39. The van der Waals surface area contributed by atoms with E-state index < -0.39 is 0 Å². The molecule has 1 aliphatic heterocycles. The molecule has 3 N–H and O–H groups in total. The van der Waals surface area contributed by atoms with Gasteiger partial charge in [-0.3, -0.25) is 9.69 Å². The molecule has 0 saturated carbocycles. The summed E-state index contributed by atoms with van der Waals surface area (Å²) in [5.74, 6) is -0.266. The van der Waals surface area contributed by atoms with Crippen LogP contribution in [0.4, 0.5) is 0 Å². The summed E-state index contributed by atoms with van der Waals surface area (Å²) < 4.78 is 1.08. The number of carbonyl (C=O) groups excluding carboxylic acids is 1. The fourth-order valence-electron chi connectivity index (χ4n) is 2.68. The number of nitrogens with two attached hydrogens (primary N) is 1. The number of hydrogen-bond donors (Lipinski definition) is 2. The standard InChI is InChI=1S/C15H16BrN3O/c16-11-1-2-14-12(7-11)13(8-18-14)10-3-5-19(6-4-10)9-15(17)20/h1-3,7-8,18H,4-6,9H2,(H2,17,20). The van der Waals surface area contributed by atoms with Crippen molar-refractivity contribution in [2.24, 2.45) is 5.73 Å². The lowest BCUT2D eigenvalue weighted by atomic mass is 9.99. The molecule has 1 aliphatic rings. The van der Waals surface area contributed by atoms with Crippen molar-refractivity contribution in [2.45, 2.75) is 6.42 Å². The summed E-state index contributed by atoms with van der Waals surface area (Å²) >= 11 is 3.52. The largest absolute Gasteiger partial charge is 0.369 e. The minimum atomic E-state index is -0.266. The summed E-state index contributed by atoms with van der Waals surface area (Å²) in [7, 11) is 0. The molecule has 3 rings (SSSR count). The maximum Gasteiger partial charge on any atom is 0.231 e. The highest BCUT2D eigenvalue weighted by Gasteiger charge is 2.16. The molecule has 5 heteroatoms. The summed E-state index contributed by atoms with van der Waals surface area (Å²) in [6, 6.07) is 6.25. The van der Waals surface area contributed by atoms with Crippen LogP contribution in [0.15, 0.2) is 34.9 Å². The predicted molar refractivity (Wildman–Crippen MR) is 84.2 cm³/mol. The van der Waals surface area contributed by atoms with Gasteiger partial charge in [0.25, 0.3) is 0 Å². The molecule has 1 amide bonds. The lowest BCUT2D eigenvalue weighted by molar-refractivity contribution is -0.119. The van der Waals surface area contributed by atoms with Crippen LogP contribution in [0, 0.1) is 0 Å². The van der Waals surface area contributed by atoms with Gasteiger partial charge < -0.3 is 10.7 Å². The molecule has 0 radical (unpaired) electrons. The first-order chi connectivity index (χ1) is 9.63. The number of aromatic amines is 1. The van der Waals surface area contributed by atoms with Crippen molar-refractivity contribution in [3.05, 3.63) is 40.5 Å². The van der Waals surface area contributed by atoms with E-state index in [0.717, 1.165) is 29.5 Å². The van der Waals surface area contributed by atoms with Crippen LogP contribution in [0.5, 0.6) is 0 Å². The molecule has 2 aromatic rings. The molecule has 20 heavy (non-hydrogen) atoms. The summed E-state index contributed by atoms with van der Waals surface area (Å²) in [5.41, 5.74) is 8.95. The number of halogens is 1. The molecule has 0 bridgehead atoms. The van der Waals surface area contributed by atoms with E-state index in [4.69, 9.17) is 5.73 Å². The SMILES string of the molecule is NC(=O)CN1CC=C(c2c[nH]c3ccc(Br)cc23)CC1. The zero-order valence-corrected chi connectivity index (χ0v) is 12.6. The molecule has 0 fully saturated rings. The number of carbonyl (C=O) groups is 1. The highest BCUT2D eigenvalue weighted by Crippen LogP contribution is 2.30. The van der Waals surface area contributed by atoms with Crippen LogP contribution >= 0.6 is 15.9 Å². The van der Waals surface area contributed by atoms with Crippen LogP contribution in [0.3, 0.4) is 0 Å². The van der Waals surface area contributed by atoms with Gasteiger partial charge in [0.15, 0.2) is 0 Å². The van der Waals surface area contributed by atoms with Gasteiger partial charge in [-0.2, -0.15) is 0 Å². The van der Waals surface area contributed by atoms with Gasteiger partial charge in [-0.15, -0.1) is 0 Å². The van der Waals surface area contributed by atoms with Gasteiger partial charge in [0, 0.05) is 40.2 Å². The number of rotatable bonds is 3. The Hall–Kier alpha value is -1.59. The maximum atomic E-state index is 10.9. The summed E-state index contributed by atoms with van der Waals surface area (Å²) in [6.07, 6.45) is 5.19. The normalized spacial score (nSPS) is 16.4. The van der Waals surface area contributed by atoms with E-state index >= 15 is 0 Å². The zero-order chi connectivity index (χ0) is 14.1. The quantitative estimate of drug-likeness (QED) is 0.906. The summed E-state index contributed by atoms with van der Waals surface area (Å²) in [6.45, 7) is 1.98. The van der Waals surface area contributed by atoms with Gasteiger partial charge in [0.1, 0.15) is 0 Å². The van der Waals surface area contributed by atoms with E-state index in [1.807, 2.05) is 6.07 Å². The third kappa shape index (κ3) is 2.64. The van der Waals surface area contributed by atoms with E-state index in [2.05, 4.69) is 50.2 Å². The number of fused-ring (bicyclic) bond motifs is 1. The van der Waals surface area contributed by atoms with Crippen molar-refractivity contribution >= 4 is 38.3 Å². The molecule has 0 unspecified atom stereocenters. The Balaban J connectivity index is 1.87. The second kappa shape index (κ2) is 5.42. The second-order valence-electron chi connectivity index (χ2n) is 5.07. The third-order valence-electron chi connectivity index (χ3n) is 3.66. The number of hydrogen-bond acceptors (Lipinski definition) is 2. The van der Waals surface area contributed by atoms with Gasteiger partial charge in [-0.05, 0) is 30.2 Å². The van der Waals surface area contributed by atoms with Crippen molar-refractivity contribution in [2.75, 3.05) is 19.6 Å². The number of aromatic nitrogens is 1. The van der Waals surface area contributed by atoms with E-state index in [1.54, 1.807) is 0 Å². The second-order valence-corrected chi connectivity index (χ2v) is 5.99. The zero-order valence-electron chi connectivity index (χ0n) is 11.0. The highest BCUT2D eigenvalue weighted by molar-refractivity contribution is 9.10. The molecule has 1 aromatic heterocycles. The Morgan fingerprint density at radius 1 is 1.45 bits per heavy atom. The molecule has 104 valence electrons. The average Bonchev–Trinajstić information content (AvgIpc) is 2.82. The van der Waals surface area contributed by atoms with Crippen molar-refractivity contribution in [3.8, 4) is 0 Å². The Labute approximate surface area is 125 Å². The molecule has 1 aromatic carbocycles. The van der Waals surface area contributed by atoms with E-state index in [0.29, 0.717) is 6.54 Å². The number of nitrogens with one attached hydrogen (secondary N) is 1. The lowest BCUT2D eigenvalue weighted by Gasteiger charge is -2.24. The van der Waals surface area contributed by atoms with Crippen LogP contribution in [-0.4, -0.2) is 35.4 Å². The van der Waals surface area contributed by atoms with Crippen molar-refractivity contribution in [3.63, 3.8) is 0 Å². The maximum absolute atomic E-state index is 10.9. The van der Waals surface area contributed by atoms with Crippen LogP contribution in [0.25, 0.3) is 16.5 Å². The monoisotopic (exact) mass is 333 g/mol. The fraction of sp³-hybridized carbons (Fsp3) is 0.267. The fourth-order valence-corrected chi connectivity index (χ4v) is 3.04. The molecule has 0 saturated heterocycles. The lowest BCUT2D eigenvalue weighted by Crippen LogP contribution is -2.36. The molecule has 0 spiro atoms. The summed E-state index contributed by atoms with van der Waals surface area (Å²) in [5, 5.41) is 1.23. The van der Waals surface area contributed by atoms with E-state index in [-0.39, 0.29) is 5.91 Å². The highest BCUT2D eigenvalue weighted by atomic mass is 79.9. The van der Waals surface area contributed by atoms with Crippen LogP contribution in [-0.2, 0) is 4.79 Å². The van der Waals surface area contributed by atoms with Gasteiger partial charge in [0.2, 0.25) is 5.91 Å². The van der Waals surface area contributed by atoms with E-state index in [1.165, 1.54) is 16.5 Å². The Morgan fingerprint density at radius 3 is 3.00 bits per heavy atom. The third-order valence-corrected chi connectivity index (χ3v) is 4.16. The molecular formula is C15H16BrN3O. The van der Waals surface area contributed by atoms with Crippen molar-refractivity contribution in [1.82, 2.24) is 9.88 Å². The Morgan fingerprint density at radius 2 is 2.30 bits per heavy atom. The molecule has 2 heterocycles. The number of primary amides is 1. The van der Waals surface area contributed by atoms with Crippen LogP contribution < -0.4 is 5.73 Å². The minimum Gasteiger partial charge on any atom is -0.369 e. The Bertz CT molecular complexity index is 689. The molecule has 0 aliphatic carbocycles. The smallest absolute Gasteiger partial charge is 0.231 e. The van der Waals surface area contributed by atoms with E-state index in [9.17, 15) is 4.79 Å². The Kier molecular flexibility index (Phi) is 3.63. The van der Waals surface area contributed by atoms with Gasteiger partial charge in [0.05, 0.1) is 6.54 Å². The molecule has 4 nitrogen and oxygen atoms in total. The summed E-state index contributed by atoms with van der Waals surface area (Å²) in [4.78, 5) is 16.3. The van der Waals surface area contributed by atoms with Crippen LogP contribution in [0.1, 0.15) is 12.0 Å². The molecular weight excluding hydrogens is 318 g/mol. The van der Waals surface area contributed by atoms with Gasteiger partial charge >= 0.3 is 0 Å². The first kappa shape index (κ1) is 13.4. The van der Waals surface area contributed by atoms with Gasteiger partial charge in [-0.25, -0.2) is 0 Å². The van der Waals surface area contributed by atoms with Gasteiger partial charge in [-0.1, -0.05) is 22.0 Å². The predicted octanol–water partition coefficient (Wildman–Crippen LogP) is 2.50. The average molecular weight is 334 g/mol. The minimum absolute atomic E-state index is 0.266. The first-order valence-electron chi connectivity index (χ1n) is 6.60. The molecule has 0 atom stereocenters. The van der Waals surface area contributed by atoms with Crippen LogP contribution in [0.2, 0.25) is 0 Å². The topological polar surface area (TPSA) is 62.1 Å². The number of amides is 1. The number of benzene rings is 1. The number of nitrogens with zero attached hydrogens (tertiary/aromatic N) is 1. The van der Waals surface area contributed by atoms with Crippen molar-refractivity contribution < 1.29 is 4.79 Å². The number of H-pyrrole nitrogens is 1. The van der Waals surface area contributed by atoms with Crippen molar-refractivity contribution in [1.29, 1.82) is 0 Å².